The Morgan fingerprint density at radius 1 is 0.794 bits per heavy atom. The van der Waals surface area contributed by atoms with Gasteiger partial charge in [-0.3, -0.25) is 24.0 Å². The molecular weight excluding hydrogens is 472 g/mol. The minimum atomic E-state index is -1.68. The van der Waals surface area contributed by atoms with E-state index in [4.69, 9.17) is 21.1 Å². The zero-order valence-corrected chi connectivity index (χ0v) is 20.2. The Bertz CT molecular complexity index is 748. The third-order valence-electron chi connectivity index (χ3n) is 4.58. The maximum absolute atomic E-state index is 12.9. The summed E-state index contributed by atoms with van der Waals surface area (Å²) in [6.45, 7) is 3.54. The van der Waals surface area contributed by atoms with E-state index < -0.39 is 66.2 Å². The van der Waals surface area contributed by atoms with Crippen molar-refractivity contribution in [3.63, 3.8) is 0 Å². The van der Waals surface area contributed by atoms with E-state index in [2.05, 4.69) is 16.0 Å². The monoisotopic (exact) mass is 506 g/mol. The maximum atomic E-state index is 12.9. The highest BCUT2D eigenvalue weighted by Crippen LogP contribution is 2.09. The predicted molar refractivity (Wildman–Crippen MR) is 123 cm³/mol. The zero-order valence-electron chi connectivity index (χ0n) is 19.4. The van der Waals surface area contributed by atoms with Gasteiger partial charge < -0.3 is 37.0 Å². The number of amides is 3. The van der Waals surface area contributed by atoms with E-state index in [0.717, 1.165) is 0 Å². The smallest absolute Gasteiger partial charge is 0.326 e. The summed E-state index contributed by atoms with van der Waals surface area (Å²) in [6.07, 6.45) is 0.809. The summed E-state index contributed by atoms with van der Waals surface area (Å²) in [4.78, 5) is 70.8. The lowest BCUT2D eigenvalue weighted by molar-refractivity contribution is -0.147. The lowest BCUT2D eigenvalue weighted by atomic mass is 10.0. The molecule has 3 amide bonds. The van der Waals surface area contributed by atoms with Gasteiger partial charge in [0.05, 0.1) is 12.5 Å². The van der Waals surface area contributed by atoms with Gasteiger partial charge in [-0.25, -0.2) is 4.79 Å². The molecule has 13 nitrogen and oxygen atoms in total. The normalized spacial score (nSPS) is 14.4. The summed E-state index contributed by atoms with van der Waals surface area (Å²) in [5, 5.41) is 33.9. The number of hydrogen-bond donors (Lipinski definition) is 7. The number of rotatable bonds is 17. The van der Waals surface area contributed by atoms with Crippen molar-refractivity contribution < 1.29 is 44.1 Å². The lowest BCUT2D eigenvalue weighted by Gasteiger charge is -2.26. The molecule has 0 aromatic rings. The molecule has 0 radical (unpaired) electrons. The first kappa shape index (κ1) is 31.1. The van der Waals surface area contributed by atoms with Crippen LogP contribution in [0.2, 0.25) is 0 Å². The van der Waals surface area contributed by atoms with Crippen molar-refractivity contribution in [1.29, 1.82) is 0 Å². The van der Waals surface area contributed by atoms with Gasteiger partial charge in [-0.2, -0.15) is 11.8 Å². The van der Waals surface area contributed by atoms with Crippen LogP contribution >= 0.6 is 11.8 Å². The second-order valence-electron chi connectivity index (χ2n) is 8.07. The molecule has 0 spiro atoms. The molecule has 194 valence electrons. The highest BCUT2D eigenvalue weighted by molar-refractivity contribution is 7.98. The van der Waals surface area contributed by atoms with Crippen molar-refractivity contribution >= 4 is 47.4 Å². The third kappa shape index (κ3) is 13.0. The van der Waals surface area contributed by atoms with Crippen molar-refractivity contribution in [2.45, 2.75) is 70.1 Å². The number of nitrogens with two attached hydrogens (primary N) is 1. The van der Waals surface area contributed by atoms with Crippen molar-refractivity contribution in [2.24, 2.45) is 11.7 Å². The molecule has 0 aromatic carbocycles. The average Bonchev–Trinajstić information content (AvgIpc) is 2.72. The van der Waals surface area contributed by atoms with Crippen molar-refractivity contribution in [3.05, 3.63) is 0 Å². The summed E-state index contributed by atoms with van der Waals surface area (Å²) in [7, 11) is 0. The van der Waals surface area contributed by atoms with E-state index in [-0.39, 0.29) is 31.6 Å². The molecule has 8 N–H and O–H groups in total. The molecule has 0 aliphatic heterocycles. The number of carboxylic acid groups (broad SMARTS) is 3. The Hall–Kier alpha value is -2.87. The second kappa shape index (κ2) is 15.9. The van der Waals surface area contributed by atoms with E-state index in [1.165, 1.54) is 11.8 Å². The number of aliphatic carboxylic acids is 3. The Kier molecular flexibility index (Phi) is 14.5. The SMILES string of the molecule is CSCCC(NC(=O)C(N)CCC(=O)O)C(=O)NC(CC(C)C)C(=O)NC(CC(=O)O)C(=O)O. The lowest BCUT2D eigenvalue weighted by Crippen LogP contribution is -2.57. The van der Waals surface area contributed by atoms with Crippen LogP contribution in [0.4, 0.5) is 0 Å². The molecule has 4 atom stereocenters. The highest BCUT2D eigenvalue weighted by atomic mass is 32.2. The summed E-state index contributed by atoms with van der Waals surface area (Å²) in [5.41, 5.74) is 5.70. The van der Waals surface area contributed by atoms with Gasteiger partial charge in [0.15, 0.2) is 0 Å². The molecule has 0 aromatic heterocycles. The summed E-state index contributed by atoms with van der Waals surface area (Å²) < 4.78 is 0. The number of nitrogens with one attached hydrogen (secondary N) is 3. The molecule has 0 aliphatic carbocycles. The third-order valence-corrected chi connectivity index (χ3v) is 5.23. The van der Waals surface area contributed by atoms with Crippen LogP contribution in [0.5, 0.6) is 0 Å². The Balaban J connectivity index is 5.45. The van der Waals surface area contributed by atoms with Gasteiger partial charge in [0.1, 0.15) is 18.1 Å². The van der Waals surface area contributed by atoms with Gasteiger partial charge in [-0.15, -0.1) is 0 Å². The molecule has 0 rings (SSSR count). The number of carbonyl (C=O) groups is 6. The van der Waals surface area contributed by atoms with E-state index >= 15 is 0 Å². The van der Waals surface area contributed by atoms with Gasteiger partial charge in [0.2, 0.25) is 17.7 Å². The van der Waals surface area contributed by atoms with Gasteiger partial charge in [0, 0.05) is 6.42 Å². The van der Waals surface area contributed by atoms with Gasteiger partial charge in [-0.1, -0.05) is 13.8 Å². The van der Waals surface area contributed by atoms with Gasteiger partial charge in [0.25, 0.3) is 0 Å². The zero-order chi connectivity index (χ0) is 26.4. The largest absolute Gasteiger partial charge is 0.481 e. The van der Waals surface area contributed by atoms with Crippen LogP contribution in [0.3, 0.4) is 0 Å². The Morgan fingerprint density at radius 2 is 1.32 bits per heavy atom. The summed E-state index contributed by atoms with van der Waals surface area (Å²) in [5.74, 6) is -6.00. The van der Waals surface area contributed by atoms with E-state index in [1.807, 2.05) is 0 Å². The number of hydrogen-bond acceptors (Lipinski definition) is 8. The van der Waals surface area contributed by atoms with Crippen LogP contribution in [-0.4, -0.2) is 87.1 Å². The van der Waals surface area contributed by atoms with Crippen molar-refractivity contribution in [1.82, 2.24) is 16.0 Å². The van der Waals surface area contributed by atoms with Crippen LogP contribution in [-0.2, 0) is 28.8 Å². The molecular formula is C20H34N4O9S. The Morgan fingerprint density at radius 3 is 1.79 bits per heavy atom. The van der Waals surface area contributed by atoms with E-state index in [0.29, 0.717) is 5.75 Å². The van der Waals surface area contributed by atoms with Crippen LogP contribution < -0.4 is 21.7 Å². The first-order valence-corrected chi connectivity index (χ1v) is 12.0. The molecule has 14 heteroatoms. The molecule has 0 heterocycles. The molecule has 4 unspecified atom stereocenters. The highest BCUT2D eigenvalue weighted by Gasteiger charge is 2.31. The van der Waals surface area contributed by atoms with Crippen LogP contribution in [0.25, 0.3) is 0 Å². The fraction of sp³-hybridized carbons (Fsp3) is 0.700. The molecule has 0 bridgehead atoms. The van der Waals surface area contributed by atoms with Crippen LogP contribution in [0, 0.1) is 5.92 Å². The van der Waals surface area contributed by atoms with E-state index in [1.54, 1.807) is 20.1 Å². The Labute approximate surface area is 201 Å². The van der Waals surface area contributed by atoms with Crippen LogP contribution in [0.1, 0.15) is 46.0 Å². The topological polar surface area (TPSA) is 225 Å². The molecule has 0 saturated carbocycles. The van der Waals surface area contributed by atoms with Crippen LogP contribution in [0.15, 0.2) is 0 Å². The molecule has 34 heavy (non-hydrogen) atoms. The fourth-order valence-corrected chi connectivity index (χ4v) is 3.29. The van der Waals surface area contributed by atoms with Gasteiger partial charge in [-0.05, 0) is 37.2 Å². The maximum Gasteiger partial charge on any atom is 0.326 e. The van der Waals surface area contributed by atoms with Crippen molar-refractivity contribution in [3.8, 4) is 0 Å². The van der Waals surface area contributed by atoms with E-state index in [9.17, 15) is 28.8 Å². The standard InChI is InChI=1S/C20H34N4O9S/c1-10(2)8-13(19(31)24-14(20(32)33)9-16(27)28)23-18(30)12(6-7-34-3)22-17(29)11(21)4-5-15(25)26/h10-14H,4-9,21H2,1-3H3,(H,22,29)(H,23,30)(H,24,31)(H,25,26)(H,27,28)(H,32,33). The molecule has 0 saturated heterocycles. The fourth-order valence-electron chi connectivity index (χ4n) is 2.82. The minimum absolute atomic E-state index is 0.0949. The van der Waals surface area contributed by atoms with Gasteiger partial charge >= 0.3 is 17.9 Å². The number of thioether (sulfide) groups is 1. The average molecular weight is 507 g/mol. The number of carbonyl (C=O) groups excluding carboxylic acids is 3. The summed E-state index contributed by atoms with van der Waals surface area (Å²) in [6, 6.07) is -5.09. The number of carboxylic acids is 3. The first-order chi connectivity index (χ1) is 15.8. The molecule has 0 fully saturated rings. The molecule has 0 aliphatic rings. The minimum Gasteiger partial charge on any atom is -0.481 e. The summed E-state index contributed by atoms with van der Waals surface area (Å²) >= 11 is 1.41. The predicted octanol–water partition coefficient (Wildman–Crippen LogP) is -1.01. The first-order valence-electron chi connectivity index (χ1n) is 10.6. The van der Waals surface area contributed by atoms with Crippen molar-refractivity contribution in [2.75, 3.05) is 12.0 Å². The quantitative estimate of drug-likeness (QED) is 0.126. The second-order valence-corrected chi connectivity index (χ2v) is 9.06.